The molecule has 0 rings (SSSR count). The van der Waals surface area contributed by atoms with Crippen LogP contribution < -0.4 is 0 Å². The molecular weight excluding hydrogens is 124 g/mol. The topological polar surface area (TPSA) is 9.23 Å². The van der Waals surface area contributed by atoms with Crippen molar-refractivity contribution in [2.24, 2.45) is 5.92 Å². The minimum absolute atomic E-state index is 0.515. The number of hydrogen-bond donors (Lipinski definition) is 0. The van der Waals surface area contributed by atoms with Crippen LogP contribution in [0.1, 0.15) is 13.8 Å². The Kier molecular flexibility index (Phi) is 6.19. The van der Waals surface area contributed by atoms with Crippen LogP contribution in [0.3, 0.4) is 0 Å². The molecule has 0 fully saturated rings. The highest BCUT2D eigenvalue weighted by atomic mass is 16.5. The molecule has 10 heavy (non-hydrogen) atoms. The van der Waals surface area contributed by atoms with Crippen LogP contribution in [-0.2, 0) is 4.74 Å². The third kappa shape index (κ3) is 5.57. The second-order valence-corrected chi connectivity index (χ2v) is 2.34. The molecule has 0 bridgehead atoms. The fourth-order valence-corrected chi connectivity index (χ4v) is 0.683. The Bertz CT molecular complexity index is 114. The summed E-state index contributed by atoms with van der Waals surface area (Å²) in [5.41, 5.74) is 0. The van der Waals surface area contributed by atoms with Crippen LogP contribution in [0.25, 0.3) is 0 Å². The highest BCUT2D eigenvalue weighted by Crippen LogP contribution is 1.96. The maximum absolute atomic E-state index is 4.96. The predicted molar refractivity (Wildman–Crippen MR) is 45.0 cm³/mol. The molecule has 1 heteroatoms. The van der Waals surface area contributed by atoms with Gasteiger partial charge in [-0.3, -0.25) is 0 Å². The fourth-order valence-electron chi connectivity index (χ4n) is 0.683. The lowest BCUT2D eigenvalue weighted by Crippen LogP contribution is -1.98. The zero-order valence-corrected chi connectivity index (χ0v) is 7.00. The normalized spacial score (nSPS) is 15.1. The fraction of sp³-hybridized carbons (Fsp3) is 0.556. The molecule has 0 heterocycles. The summed E-state index contributed by atoms with van der Waals surface area (Å²) in [6, 6.07) is 0. The van der Waals surface area contributed by atoms with E-state index in [1.807, 2.05) is 25.2 Å². The van der Waals surface area contributed by atoms with E-state index in [4.69, 9.17) is 4.74 Å². The lowest BCUT2D eigenvalue weighted by Gasteiger charge is -2.01. The van der Waals surface area contributed by atoms with Gasteiger partial charge in [0.25, 0.3) is 0 Å². The average Bonchev–Trinajstić information content (AvgIpc) is 1.89. The Hall–Kier alpha value is -0.560. The molecule has 1 atom stereocenters. The first-order valence-corrected chi connectivity index (χ1v) is 3.59. The van der Waals surface area contributed by atoms with E-state index in [-0.39, 0.29) is 0 Å². The van der Waals surface area contributed by atoms with Crippen LogP contribution in [-0.4, -0.2) is 13.7 Å². The Morgan fingerprint density at radius 1 is 1.40 bits per heavy atom. The lowest BCUT2D eigenvalue weighted by molar-refractivity contribution is 0.176. The molecule has 1 nitrogen and oxygen atoms in total. The molecule has 0 spiro atoms. The molecule has 0 radical (unpaired) electrons. The van der Waals surface area contributed by atoms with Gasteiger partial charge in [-0.1, -0.05) is 31.2 Å². The zero-order chi connectivity index (χ0) is 7.82. The molecule has 0 aliphatic heterocycles. The van der Waals surface area contributed by atoms with Crippen molar-refractivity contribution in [3.63, 3.8) is 0 Å². The van der Waals surface area contributed by atoms with Crippen molar-refractivity contribution in [1.82, 2.24) is 0 Å². The molecule has 0 aromatic rings. The van der Waals surface area contributed by atoms with Gasteiger partial charge in [0.1, 0.15) is 0 Å². The molecule has 0 amide bonds. The van der Waals surface area contributed by atoms with Crippen molar-refractivity contribution in [3.05, 3.63) is 24.3 Å². The second kappa shape index (κ2) is 6.56. The number of rotatable bonds is 4. The molecule has 0 aliphatic rings. The first kappa shape index (κ1) is 9.44. The highest BCUT2D eigenvalue weighted by molar-refractivity contribution is 5.02. The van der Waals surface area contributed by atoms with Crippen molar-refractivity contribution < 1.29 is 4.74 Å². The van der Waals surface area contributed by atoms with Crippen LogP contribution in [0.4, 0.5) is 0 Å². The van der Waals surface area contributed by atoms with Crippen LogP contribution >= 0.6 is 0 Å². The quantitative estimate of drug-likeness (QED) is 0.545. The molecule has 0 aliphatic carbocycles. The smallest absolute Gasteiger partial charge is 0.0522 e. The van der Waals surface area contributed by atoms with E-state index in [0.29, 0.717) is 5.92 Å². The van der Waals surface area contributed by atoms with E-state index in [9.17, 15) is 0 Å². The van der Waals surface area contributed by atoms with Gasteiger partial charge in [0.05, 0.1) is 6.61 Å². The molecule has 0 saturated heterocycles. The first-order valence-electron chi connectivity index (χ1n) is 3.59. The minimum Gasteiger partial charge on any atom is -0.384 e. The average molecular weight is 140 g/mol. The summed E-state index contributed by atoms with van der Waals surface area (Å²) in [7, 11) is 1.72. The van der Waals surface area contributed by atoms with Crippen molar-refractivity contribution in [2.75, 3.05) is 13.7 Å². The number of hydrogen-bond acceptors (Lipinski definition) is 1. The Balaban J connectivity index is 3.44. The van der Waals surface area contributed by atoms with Crippen LogP contribution in [0, 0.1) is 5.92 Å². The predicted octanol–water partition coefficient (Wildman–Crippen LogP) is 2.40. The third-order valence-electron chi connectivity index (χ3n) is 1.17. The number of methoxy groups -OCH3 is 1. The maximum Gasteiger partial charge on any atom is 0.0522 e. The standard InChI is InChI=1S/C9H16O/c1-4-5-6-7-9(2)8-10-3/h4-7,9H,8H2,1-3H3/b5-4-,7-6-. The van der Waals surface area contributed by atoms with E-state index in [0.717, 1.165) is 6.61 Å². The Morgan fingerprint density at radius 2 is 2.10 bits per heavy atom. The molecule has 0 saturated carbocycles. The van der Waals surface area contributed by atoms with Crippen LogP contribution in [0.5, 0.6) is 0 Å². The Morgan fingerprint density at radius 3 is 2.60 bits per heavy atom. The van der Waals surface area contributed by atoms with Gasteiger partial charge in [-0.2, -0.15) is 0 Å². The van der Waals surface area contributed by atoms with E-state index >= 15 is 0 Å². The highest BCUT2D eigenvalue weighted by Gasteiger charge is 1.91. The molecule has 58 valence electrons. The summed E-state index contributed by atoms with van der Waals surface area (Å²) in [5.74, 6) is 0.515. The molecular formula is C9H16O. The summed E-state index contributed by atoms with van der Waals surface area (Å²) < 4.78 is 4.96. The monoisotopic (exact) mass is 140 g/mol. The largest absolute Gasteiger partial charge is 0.384 e. The van der Waals surface area contributed by atoms with Crippen molar-refractivity contribution in [3.8, 4) is 0 Å². The van der Waals surface area contributed by atoms with Gasteiger partial charge >= 0.3 is 0 Å². The molecule has 0 N–H and O–H groups in total. The van der Waals surface area contributed by atoms with Gasteiger partial charge in [0, 0.05) is 7.11 Å². The molecule has 1 unspecified atom stereocenters. The summed E-state index contributed by atoms with van der Waals surface area (Å²) in [5, 5.41) is 0. The van der Waals surface area contributed by atoms with Gasteiger partial charge < -0.3 is 4.74 Å². The van der Waals surface area contributed by atoms with Crippen molar-refractivity contribution in [2.45, 2.75) is 13.8 Å². The van der Waals surface area contributed by atoms with Crippen molar-refractivity contribution in [1.29, 1.82) is 0 Å². The van der Waals surface area contributed by atoms with Gasteiger partial charge in [-0.25, -0.2) is 0 Å². The first-order chi connectivity index (χ1) is 4.81. The Labute approximate surface area is 63.4 Å². The molecule has 0 aromatic carbocycles. The SMILES string of the molecule is C/C=C\C=C/C(C)COC. The minimum atomic E-state index is 0.515. The van der Waals surface area contributed by atoms with Gasteiger partial charge in [0.2, 0.25) is 0 Å². The van der Waals surface area contributed by atoms with Gasteiger partial charge in [-0.05, 0) is 12.8 Å². The van der Waals surface area contributed by atoms with E-state index < -0.39 is 0 Å². The van der Waals surface area contributed by atoms with Crippen LogP contribution in [0.15, 0.2) is 24.3 Å². The van der Waals surface area contributed by atoms with E-state index in [2.05, 4.69) is 13.0 Å². The summed E-state index contributed by atoms with van der Waals surface area (Å²) in [6.45, 7) is 4.93. The number of allylic oxidation sites excluding steroid dienone is 3. The van der Waals surface area contributed by atoms with E-state index in [1.165, 1.54) is 0 Å². The third-order valence-corrected chi connectivity index (χ3v) is 1.17. The molecule has 0 aromatic heterocycles. The zero-order valence-electron chi connectivity index (χ0n) is 7.00. The van der Waals surface area contributed by atoms with Crippen LogP contribution in [0.2, 0.25) is 0 Å². The summed E-state index contributed by atoms with van der Waals surface area (Å²) in [4.78, 5) is 0. The summed E-state index contributed by atoms with van der Waals surface area (Å²) >= 11 is 0. The summed E-state index contributed by atoms with van der Waals surface area (Å²) in [6.07, 6.45) is 8.20. The van der Waals surface area contributed by atoms with Gasteiger partial charge in [0.15, 0.2) is 0 Å². The maximum atomic E-state index is 4.96. The second-order valence-electron chi connectivity index (χ2n) is 2.34. The number of ether oxygens (including phenoxy) is 1. The van der Waals surface area contributed by atoms with E-state index in [1.54, 1.807) is 7.11 Å². The van der Waals surface area contributed by atoms with Gasteiger partial charge in [-0.15, -0.1) is 0 Å². The lowest BCUT2D eigenvalue weighted by atomic mass is 10.2. The van der Waals surface area contributed by atoms with Crippen molar-refractivity contribution >= 4 is 0 Å².